The molecule has 0 radical (unpaired) electrons. The molecule has 8 heteroatoms. The minimum Gasteiger partial charge on any atom is -0.368 e. The van der Waals surface area contributed by atoms with Gasteiger partial charge in [0.15, 0.2) is 5.96 Å². The molecular formula is C17H31N5O3. The maximum atomic E-state index is 12.4. The van der Waals surface area contributed by atoms with Crippen LogP contribution >= 0.6 is 0 Å². The number of hydrogen-bond acceptors (Lipinski definition) is 4. The molecule has 0 aromatic heterocycles. The lowest BCUT2D eigenvalue weighted by atomic mass is 10.2. The molecule has 2 saturated heterocycles. The molecule has 8 nitrogen and oxygen atoms in total. The Balaban J connectivity index is 1.70. The molecule has 2 aliphatic rings. The van der Waals surface area contributed by atoms with Crippen molar-refractivity contribution < 1.29 is 14.3 Å². The smallest absolute Gasteiger partial charge is 0.251 e. The van der Waals surface area contributed by atoms with Gasteiger partial charge in [0.05, 0.1) is 0 Å². The van der Waals surface area contributed by atoms with Crippen LogP contribution in [-0.4, -0.2) is 86.6 Å². The lowest BCUT2D eigenvalue weighted by Crippen LogP contribution is -2.55. The number of aliphatic imine (C=N–C) groups is 1. The second kappa shape index (κ2) is 10.2. The van der Waals surface area contributed by atoms with Crippen molar-refractivity contribution in [3.63, 3.8) is 0 Å². The van der Waals surface area contributed by atoms with Crippen molar-refractivity contribution >= 4 is 17.8 Å². The maximum absolute atomic E-state index is 12.4. The normalized spacial score (nSPS) is 21.4. The first-order valence-corrected chi connectivity index (χ1v) is 9.28. The summed E-state index contributed by atoms with van der Waals surface area (Å²) in [5, 5.41) is 6.09. The van der Waals surface area contributed by atoms with Gasteiger partial charge in [-0.15, -0.1) is 0 Å². The van der Waals surface area contributed by atoms with Crippen LogP contribution in [0, 0.1) is 0 Å². The predicted molar refractivity (Wildman–Crippen MR) is 96.4 cm³/mol. The second-order valence-corrected chi connectivity index (χ2v) is 6.39. The molecule has 0 saturated carbocycles. The minimum absolute atomic E-state index is 0.0526. The molecule has 1 unspecified atom stereocenters. The van der Waals surface area contributed by atoms with Crippen molar-refractivity contribution in [2.45, 2.75) is 38.7 Å². The van der Waals surface area contributed by atoms with Crippen molar-refractivity contribution in [2.75, 3.05) is 52.9 Å². The van der Waals surface area contributed by atoms with Crippen LogP contribution < -0.4 is 10.6 Å². The van der Waals surface area contributed by atoms with Crippen LogP contribution in [0.3, 0.4) is 0 Å². The van der Waals surface area contributed by atoms with E-state index >= 15 is 0 Å². The molecule has 2 aliphatic heterocycles. The molecule has 1 atom stereocenters. The van der Waals surface area contributed by atoms with Crippen molar-refractivity contribution in [1.82, 2.24) is 20.4 Å². The van der Waals surface area contributed by atoms with Crippen LogP contribution in [0.2, 0.25) is 0 Å². The van der Waals surface area contributed by atoms with Gasteiger partial charge in [-0.2, -0.15) is 0 Å². The van der Waals surface area contributed by atoms with Crippen molar-refractivity contribution in [1.29, 1.82) is 0 Å². The molecule has 2 N–H and O–H groups in total. The Morgan fingerprint density at radius 3 is 2.44 bits per heavy atom. The van der Waals surface area contributed by atoms with Gasteiger partial charge in [0, 0.05) is 59.3 Å². The number of guanidine groups is 1. The summed E-state index contributed by atoms with van der Waals surface area (Å²) < 4.78 is 5.49. The zero-order valence-corrected chi connectivity index (χ0v) is 15.4. The Hall–Kier alpha value is -1.83. The van der Waals surface area contributed by atoms with E-state index in [0.717, 1.165) is 38.3 Å². The van der Waals surface area contributed by atoms with Crippen molar-refractivity contribution in [2.24, 2.45) is 4.99 Å². The average Bonchev–Trinajstić information content (AvgIpc) is 3.18. The molecule has 142 valence electrons. The number of nitrogens with one attached hydrogen (secondary N) is 2. The zero-order valence-electron chi connectivity index (χ0n) is 15.4. The van der Waals surface area contributed by atoms with Gasteiger partial charge >= 0.3 is 0 Å². The summed E-state index contributed by atoms with van der Waals surface area (Å²) in [6.07, 6.45) is 2.93. The summed E-state index contributed by atoms with van der Waals surface area (Å²) >= 11 is 0. The van der Waals surface area contributed by atoms with E-state index in [1.807, 2.05) is 11.8 Å². The van der Waals surface area contributed by atoms with Gasteiger partial charge < -0.3 is 25.2 Å². The molecule has 0 aromatic rings. The molecule has 0 bridgehead atoms. The Morgan fingerprint density at radius 1 is 1.12 bits per heavy atom. The third kappa shape index (κ3) is 5.88. The van der Waals surface area contributed by atoms with E-state index in [1.54, 1.807) is 7.05 Å². The van der Waals surface area contributed by atoms with Crippen LogP contribution in [0.4, 0.5) is 0 Å². The number of carbonyl (C=O) groups is 2. The monoisotopic (exact) mass is 353 g/mol. The second-order valence-electron chi connectivity index (χ2n) is 6.39. The van der Waals surface area contributed by atoms with Crippen LogP contribution in [0.15, 0.2) is 4.99 Å². The van der Waals surface area contributed by atoms with E-state index < -0.39 is 0 Å². The molecule has 0 aromatic carbocycles. The van der Waals surface area contributed by atoms with E-state index in [4.69, 9.17) is 4.74 Å². The van der Waals surface area contributed by atoms with Gasteiger partial charge in [-0.05, 0) is 19.3 Å². The number of rotatable bonds is 6. The number of hydrogen-bond donors (Lipinski definition) is 2. The highest BCUT2D eigenvalue weighted by Gasteiger charge is 2.30. The summed E-state index contributed by atoms with van der Waals surface area (Å²) in [7, 11) is 1.74. The molecule has 2 amide bonds. The third-order valence-corrected chi connectivity index (χ3v) is 4.52. The number of nitrogens with zero attached hydrogens (tertiary/aromatic N) is 3. The minimum atomic E-state index is -0.245. The van der Waals surface area contributed by atoms with Gasteiger partial charge in [-0.1, -0.05) is 6.92 Å². The lowest BCUT2D eigenvalue weighted by Gasteiger charge is -2.37. The largest absolute Gasteiger partial charge is 0.368 e. The van der Waals surface area contributed by atoms with Crippen molar-refractivity contribution in [3.8, 4) is 0 Å². The van der Waals surface area contributed by atoms with Gasteiger partial charge in [0.25, 0.3) is 5.91 Å². The molecule has 2 rings (SSSR count). The van der Waals surface area contributed by atoms with Gasteiger partial charge in [-0.3, -0.25) is 14.6 Å². The highest BCUT2D eigenvalue weighted by molar-refractivity contribution is 5.83. The number of ether oxygens (including phenoxy) is 1. The van der Waals surface area contributed by atoms with Crippen LogP contribution in [-0.2, 0) is 14.3 Å². The summed E-state index contributed by atoms with van der Waals surface area (Å²) in [6, 6.07) is 0. The van der Waals surface area contributed by atoms with E-state index in [-0.39, 0.29) is 17.9 Å². The Labute approximate surface area is 150 Å². The van der Waals surface area contributed by atoms with Gasteiger partial charge in [-0.25, -0.2) is 0 Å². The van der Waals surface area contributed by atoms with Crippen molar-refractivity contribution in [3.05, 3.63) is 0 Å². The molecule has 25 heavy (non-hydrogen) atoms. The maximum Gasteiger partial charge on any atom is 0.251 e. The number of carbonyl (C=O) groups excluding carboxylic acids is 2. The van der Waals surface area contributed by atoms with E-state index in [1.165, 1.54) is 0 Å². The van der Waals surface area contributed by atoms with Crippen LogP contribution in [0.1, 0.15) is 32.6 Å². The summed E-state index contributed by atoms with van der Waals surface area (Å²) in [4.78, 5) is 32.3. The highest BCUT2D eigenvalue weighted by atomic mass is 16.5. The molecule has 2 fully saturated rings. The fourth-order valence-corrected chi connectivity index (χ4v) is 3.09. The molecule has 2 heterocycles. The molecule has 0 aliphatic carbocycles. The fraction of sp³-hybridized carbons (Fsp3) is 0.824. The SMILES string of the molecule is CCCNC(=O)CCNC(=NC)N1CCN(C(=O)C2CCCO2)CC1. The lowest BCUT2D eigenvalue weighted by molar-refractivity contribution is -0.142. The predicted octanol–water partition coefficient (Wildman–Crippen LogP) is -0.199. The van der Waals surface area contributed by atoms with Crippen LogP contribution in [0.25, 0.3) is 0 Å². The first-order valence-electron chi connectivity index (χ1n) is 9.28. The number of piperazine rings is 1. The van der Waals surface area contributed by atoms with E-state index in [2.05, 4.69) is 20.5 Å². The Morgan fingerprint density at radius 2 is 1.84 bits per heavy atom. The van der Waals surface area contributed by atoms with E-state index in [9.17, 15) is 9.59 Å². The van der Waals surface area contributed by atoms with E-state index in [0.29, 0.717) is 39.2 Å². The standard InChI is InChI=1S/C17H31N5O3/c1-3-7-19-15(23)6-8-20-17(18-2)22-11-9-21(10-12-22)16(24)14-5-4-13-25-14/h14H,3-13H2,1-2H3,(H,18,20)(H,19,23). The summed E-state index contributed by atoms with van der Waals surface area (Å²) in [5.74, 6) is 0.956. The average molecular weight is 353 g/mol. The van der Waals surface area contributed by atoms with Gasteiger partial charge in [0.2, 0.25) is 5.91 Å². The first-order chi connectivity index (χ1) is 12.2. The Kier molecular flexibility index (Phi) is 7.97. The highest BCUT2D eigenvalue weighted by Crippen LogP contribution is 2.16. The summed E-state index contributed by atoms with van der Waals surface area (Å²) in [5.41, 5.74) is 0. The topological polar surface area (TPSA) is 86.3 Å². The fourth-order valence-electron chi connectivity index (χ4n) is 3.09. The molecular weight excluding hydrogens is 322 g/mol. The summed E-state index contributed by atoms with van der Waals surface area (Å²) in [6.45, 7) is 6.82. The number of amides is 2. The van der Waals surface area contributed by atoms with Gasteiger partial charge in [0.1, 0.15) is 6.10 Å². The molecule has 0 spiro atoms. The zero-order chi connectivity index (χ0) is 18.1. The Bertz CT molecular complexity index is 469. The first kappa shape index (κ1) is 19.5. The quantitative estimate of drug-likeness (QED) is 0.510. The third-order valence-electron chi connectivity index (χ3n) is 4.52. The van der Waals surface area contributed by atoms with Crippen LogP contribution in [0.5, 0.6) is 0 Å².